The van der Waals surface area contributed by atoms with Crippen LogP contribution in [0, 0.1) is 0 Å². The molecule has 0 atom stereocenters. The van der Waals surface area contributed by atoms with Crippen molar-refractivity contribution in [3.8, 4) is 22.6 Å². The smallest absolute Gasteiger partial charge is 0.335 e. The zero-order valence-corrected chi connectivity index (χ0v) is 16.8. The van der Waals surface area contributed by atoms with E-state index in [1.165, 1.54) is 48.5 Å². The summed E-state index contributed by atoms with van der Waals surface area (Å²) in [6.07, 6.45) is 0. The van der Waals surface area contributed by atoms with E-state index in [1.54, 1.807) is 18.2 Å². The maximum Gasteiger partial charge on any atom is 0.335 e. The van der Waals surface area contributed by atoms with Gasteiger partial charge in [0.1, 0.15) is 11.5 Å². The standard InChI is InChI=1S/C23H17NO6S/c25-20-12-8-16(24-31(29,30)17-9-5-15(6-10-17)23(27)28)13-19(20)22-18-4-2-1-3-14(18)7-11-21(22)26/h1-13,24-26H,(H,27,28). The summed E-state index contributed by atoms with van der Waals surface area (Å²) in [5, 5.41) is 31.4. The van der Waals surface area contributed by atoms with Crippen LogP contribution >= 0.6 is 0 Å². The molecule has 0 fully saturated rings. The number of hydrogen-bond acceptors (Lipinski definition) is 5. The van der Waals surface area contributed by atoms with Crippen LogP contribution in [0.1, 0.15) is 10.4 Å². The fraction of sp³-hybridized carbons (Fsp3) is 0. The number of anilines is 1. The van der Waals surface area contributed by atoms with Crippen molar-refractivity contribution in [1.29, 1.82) is 0 Å². The predicted octanol–water partition coefficient (Wildman–Crippen LogP) is 4.42. The van der Waals surface area contributed by atoms with Crippen LogP contribution in [0.25, 0.3) is 21.9 Å². The van der Waals surface area contributed by atoms with Gasteiger partial charge in [-0.2, -0.15) is 0 Å². The molecule has 0 aliphatic heterocycles. The lowest BCUT2D eigenvalue weighted by molar-refractivity contribution is 0.0696. The van der Waals surface area contributed by atoms with Gasteiger partial charge in [-0.15, -0.1) is 0 Å². The van der Waals surface area contributed by atoms with E-state index in [0.717, 1.165) is 5.39 Å². The van der Waals surface area contributed by atoms with Crippen LogP contribution in [0.2, 0.25) is 0 Å². The normalized spacial score (nSPS) is 11.4. The van der Waals surface area contributed by atoms with Crippen LogP contribution < -0.4 is 4.72 Å². The highest BCUT2D eigenvalue weighted by molar-refractivity contribution is 7.92. The van der Waals surface area contributed by atoms with Crippen molar-refractivity contribution in [3.63, 3.8) is 0 Å². The molecule has 0 radical (unpaired) electrons. The van der Waals surface area contributed by atoms with Gasteiger partial charge in [0.2, 0.25) is 0 Å². The van der Waals surface area contributed by atoms with Crippen LogP contribution in [0.15, 0.2) is 83.8 Å². The first-order chi connectivity index (χ1) is 14.8. The molecule has 156 valence electrons. The first kappa shape index (κ1) is 20.2. The molecule has 7 nitrogen and oxygen atoms in total. The minimum Gasteiger partial charge on any atom is -0.507 e. The quantitative estimate of drug-likeness (QED) is 0.344. The molecular weight excluding hydrogens is 418 g/mol. The molecule has 4 aromatic carbocycles. The SMILES string of the molecule is O=C(O)c1ccc(S(=O)(=O)Nc2ccc(O)c(-c3c(O)ccc4ccccc34)c2)cc1. The van der Waals surface area contributed by atoms with Gasteiger partial charge in [0, 0.05) is 16.8 Å². The minimum atomic E-state index is -4.01. The second kappa shape index (κ2) is 7.66. The average Bonchev–Trinajstić information content (AvgIpc) is 2.75. The number of hydrogen-bond donors (Lipinski definition) is 4. The second-order valence-corrected chi connectivity index (χ2v) is 8.53. The summed E-state index contributed by atoms with van der Waals surface area (Å²) in [7, 11) is -4.01. The fourth-order valence-corrected chi connectivity index (χ4v) is 4.38. The number of fused-ring (bicyclic) bond motifs is 1. The monoisotopic (exact) mass is 435 g/mol. The van der Waals surface area contributed by atoms with Crippen LogP contribution in [0.4, 0.5) is 5.69 Å². The van der Waals surface area contributed by atoms with E-state index in [1.807, 2.05) is 12.1 Å². The van der Waals surface area contributed by atoms with Gasteiger partial charge in [0.05, 0.1) is 10.5 Å². The number of carboxylic acid groups (broad SMARTS) is 1. The Morgan fingerprint density at radius 2 is 1.48 bits per heavy atom. The molecule has 0 unspecified atom stereocenters. The molecule has 0 saturated heterocycles. The molecule has 31 heavy (non-hydrogen) atoms. The lowest BCUT2D eigenvalue weighted by atomic mass is 9.96. The van der Waals surface area contributed by atoms with E-state index >= 15 is 0 Å². The summed E-state index contributed by atoms with van der Waals surface area (Å²) in [5.41, 5.74) is 0.776. The van der Waals surface area contributed by atoms with Gasteiger partial charge in [-0.3, -0.25) is 4.72 Å². The Kier molecular flexibility index (Phi) is 5.00. The Labute approximate surface area is 177 Å². The first-order valence-corrected chi connectivity index (χ1v) is 10.6. The van der Waals surface area contributed by atoms with Crippen molar-refractivity contribution in [2.45, 2.75) is 4.90 Å². The largest absolute Gasteiger partial charge is 0.507 e. The number of sulfonamides is 1. The van der Waals surface area contributed by atoms with E-state index in [9.17, 15) is 23.4 Å². The van der Waals surface area contributed by atoms with Gasteiger partial charge in [0.25, 0.3) is 10.0 Å². The highest BCUT2D eigenvalue weighted by Gasteiger charge is 2.18. The van der Waals surface area contributed by atoms with E-state index in [-0.39, 0.29) is 33.2 Å². The van der Waals surface area contributed by atoms with Gasteiger partial charge in [-0.05, 0) is 59.3 Å². The number of carboxylic acids is 1. The Morgan fingerprint density at radius 3 is 2.19 bits per heavy atom. The Hall–Kier alpha value is -4.04. The van der Waals surface area contributed by atoms with Gasteiger partial charge in [-0.1, -0.05) is 30.3 Å². The molecule has 4 rings (SSSR count). The summed E-state index contributed by atoms with van der Waals surface area (Å²) in [5.74, 6) is -1.34. The molecule has 4 aromatic rings. The zero-order chi connectivity index (χ0) is 22.2. The molecule has 0 aliphatic carbocycles. The Morgan fingerprint density at radius 1 is 0.806 bits per heavy atom. The molecule has 0 spiro atoms. The van der Waals surface area contributed by atoms with Crippen molar-refractivity contribution in [2.24, 2.45) is 0 Å². The summed E-state index contributed by atoms with van der Waals surface area (Å²) in [6, 6.07) is 19.5. The van der Waals surface area contributed by atoms with Crippen molar-refractivity contribution >= 4 is 32.5 Å². The number of rotatable bonds is 5. The van der Waals surface area contributed by atoms with Crippen molar-refractivity contribution in [2.75, 3.05) is 4.72 Å². The lowest BCUT2D eigenvalue weighted by Crippen LogP contribution is -2.13. The summed E-state index contributed by atoms with van der Waals surface area (Å²) in [6.45, 7) is 0. The number of phenolic OH excluding ortho intramolecular Hbond substituents is 2. The lowest BCUT2D eigenvalue weighted by Gasteiger charge is -2.14. The van der Waals surface area contributed by atoms with Crippen molar-refractivity contribution < 1.29 is 28.5 Å². The number of aromatic hydroxyl groups is 2. The molecule has 0 aromatic heterocycles. The third-order valence-corrected chi connectivity index (χ3v) is 6.23. The Bertz CT molecular complexity index is 1410. The third-order valence-electron chi connectivity index (χ3n) is 4.84. The molecule has 8 heteroatoms. The van der Waals surface area contributed by atoms with Crippen LogP contribution in [0.3, 0.4) is 0 Å². The van der Waals surface area contributed by atoms with Gasteiger partial charge in [0.15, 0.2) is 0 Å². The van der Waals surface area contributed by atoms with Crippen LogP contribution in [-0.4, -0.2) is 29.7 Å². The van der Waals surface area contributed by atoms with E-state index < -0.39 is 16.0 Å². The zero-order valence-electron chi connectivity index (χ0n) is 16.0. The molecule has 0 amide bonds. The maximum absolute atomic E-state index is 12.7. The molecule has 0 aliphatic rings. The fourth-order valence-electron chi connectivity index (χ4n) is 3.33. The molecular formula is C23H17NO6S. The molecule has 4 N–H and O–H groups in total. The molecule has 0 saturated carbocycles. The van der Waals surface area contributed by atoms with E-state index in [4.69, 9.17) is 5.11 Å². The number of phenols is 2. The summed E-state index contributed by atoms with van der Waals surface area (Å²) in [4.78, 5) is 10.9. The summed E-state index contributed by atoms with van der Waals surface area (Å²) >= 11 is 0. The minimum absolute atomic E-state index is 0.0303. The second-order valence-electron chi connectivity index (χ2n) is 6.85. The van der Waals surface area contributed by atoms with Crippen molar-refractivity contribution in [3.05, 3.63) is 84.4 Å². The number of benzene rings is 4. The Balaban J connectivity index is 1.76. The first-order valence-electron chi connectivity index (χ1n) is 9.16. The van der Waals surface area contributed by atoms with E-state index in [2.05, 4.69) is 4.72 Å². The van der Waals surface area contributed by atoms with Crippen molar-refractivity contribution in [1.82, 2.24) is 0 Å². The third kappa shape index (κ3) is 3.88. The highest BCUT2D eigenvalue weighted by Crippen LogP contribution is 2.41. The van der Waals surface area contributed by atoms with Crippen LogP contribution in [0.5, 0.6) is 11.5 Å². The molecule has 0 bridgehead atoms. The predicted molar refractivity (Wildman–Crippen MR) is 117 cm³/mol. The topological polar surface area (TPSA) is 124 Å². The van der Waals surface area contributed by atoms with Gasteiger partial charge >= 0.3 is 5.97 Å². The van der Waals surface area contributed by atoms with Crippen LogP contribution in [-0.2, 0) is 10.0 Å². The van der Waals surface area contributed by atoms with E-state index in [0.29, 0.717) is 10.9 Å². The molecule has 0 heterocycles. The summed E-state index contributed by atoms with van der Waals surface area (Å²) < 4.78 is 27.9. The van der Waals surface area contributed by atoms with Gasteiger partial charge in [-0.25, -0.2) is 13.2 Å². The number of nitrogens with one attached hydrogen (secondary N) is 1. The average molecular weight is 435 g/mol. The highest BCUT2D eigenvalue weighted by atomic mass is 32.2. The van der Waals surface area contributed by atoms with Gasteiger partial charge < -0.3 is 15.3 Å². The number of carbonyl (C=O) groups is 1. The number of aromatic carboxylic acids is 1. The maximum atomic E-state index is 12.7.